The van der Waals surface area contributed by atoms with Crippen molar-refractivity contribution < 1.29 is 9.31 Å². The van der Waals surface area contributed by atoms with Crippen LogP contribution in [0.4, 0.5) is 27.5 Å². The molecule has 0 saturated carbocycles. The SMILES string of the molecule is CC(C)Nc1nc(Nc2ccc(F)c([N+](=O)[O-])c2)cc(-c2cccnc2)n1. The van der Waals surface area contributed by atoms with Gasteiger partial charge in [0, 0.05) is 41.8 Å². The second-order valence-corrected chi connectivity index (χ2v) is 6.05. The lowest BCUT2D eigenvalue weighted by Gasteiger charge is -2.13. The highest BCUT2D eigenvalue weighted by Gasteiger charge is 2.15. The van der Waals surface area contributed by atoms with E-state index in [9.17, 15) is 14.5 Å². The van der Waals surface area contributed by atoms with Crippen LogP contribution in [0.3, 0.4) is 0 Å². The van der Waals surface area contributed by atoms with E-state index in [0.29, 0.717) is 23.1 Å². The fourth-order valence-corrected chi connectivity index (χ4v) is 2.37. The summed E-state index contributed by atoms with van der Waals surface area (Å²) < 4.78 is 13.5. The van der Waals surface area contributed by atoms with Gasteiger partial charge < -0.3 is 10.6 Å². The molecule has 2 heterocycles. The molecule has 0 aliphatic rings. The number of hydrogen-bond donors (Lipinski definition) is 2. The lowest BCUT2D eigenvalue weighted by molar-refractivity contribution is -0.387. The van der Waals surface area contributed by atoms with E-state index in [-0.39, 0.29) is 6.04 Å². The molecule has 9 heteroatoms. The first kappa shape index (κ1) is 18.2. The van der Waals surface area contributed by atoms with Gasteiger partial charge in [-0.15, -0.1) is 0 Å². The van der Waals surface area contributed by atoms with E-state index in [1.807, 2.05) is 19.9 Å². The summed E-state index contributed by atoms with van der Waals surface area (Å²) in [5.74, 6) is -0.0928. The molecule has 0 unspecified atom stereocenters. The molecule has 0 saturated heterocycles. The Morgan fingerprint density at radius 1 is 1.19 bits per heavy atom. The fourth-order valence-electron chi connectivity index (χ4n) is 2.37. The molecule has 3 rings (SSSR count). The first-order valence-corrected chi connectivity index (χ1v) is 8.19. The number of aromatic nitrogens is 3. The van der Waals surface area contributed by atoms with Crippen molar-refractivity contribution in [1.82, 2.24) is 15.0 Å². The predicted molar refractivity (Wildman–Crippen MR) is 100 cm³/mol. The Balaban J connectivity index is 1.99. The van der Waals surface area contributed by atoms with Gasteiger partial charge in [0.2, 0.25) is 11.8 Å². The highest BCUT2D eigenvalue weighted by molar-refractivity contribution is 5.67. The number of anilines is 3. The lowest BCUT2D eigenvalue weighted by atomic mass is 10.2. The first-order valence-electron chi connectivity index (χ1n) is 8.19. The minimum atomic E-state index is -0.897. The van der Waals surface area contributed by atoms with Crippen LogP contribution in [0, 0.1) is 15.9 Å². The molecule has 2 N–H and O–H groups in total. The maximum atomic E-state index is 13.5. The van der Waals surface area contributed by atoms with Gasteiger partial charge in [0.15, 0.2) is 0 Å². The molecular formula is C18H17FN6O2. The number of rotatable bonds is 6. The van der Waals surface area contributed by atoms with Crippen LogP contribution in [0.25, 0.3) is 11.3 Å². The average Bonchev–Trinajstić information content (AvgIpc) is 2.63. The van der Waals surface area contributed by atoms with E-state index in [1.54, 1.807) is 24.5 Å². The standard InChI is InChI=1S/C18H17FN6O2/c1-11(2)21-18-23-15(12-4-3-7-20-10-12)9-17(24-18)22-13-5-6-14(19)16(8-13)25(26)27/h3-11H,1-2H3,(H2,21,22,23,24). The molecular weight excluding hydrogens is 351 g/mol. The Labute approximate surface area is 154 Å². The monoisotopic (exact) mass is 368 g/mol. The molecule has 1 aromatic carbocycles. The van der Waals surface area contributed by atoms with Crippen LogP contribution >= 0.6 is 0 Å². The van der Waals surface area contributed by atoms with Gasteiger partial charge in [-0.25, -0.2) is 4.98 Å². The predicted octanol–water partition coefficient (Wildman–Crippen LogP) is 4.15. The molecule has 8 nitrogen and oxygen atoms in total. The van der Waals surface area contributed by atoms with Gasteiger partial charge in [0.05, 0.1) is 10.6 Å². The van der Waals surface area contributed by atoms with Gasteiger partial charge in [0.25, 0.3) is 0 Å². The molecule has 3 aromatic rings. The van der Waals surface area contributed by atoms with E-state index >= 15 is 0 Å². The summed E-state index contributed by atoms with van der Waals surface area (Å²) >= 11 is 0. The average molecular weight is 368 g/mol. The summed E-state index contributed by atoms with van der Waals surface area (Å²) in [6, 6.07) is 9.02. The van der Waals surface area contributed by atoms with Gasteiger partial charge in [0.1, 0.15) is 5.82 Å². The van der Waals surface area contributed by atoms with Crippen molar-refractivity contribution >= 4 is 23.1 Å². The summed E-state index contributed by atoms with van der Waals surface area (Å²) in [6.45, 7) is 3.91. The molecule has 0 fully saturated rings. The molecule has 27 heavy (non-hydrogen) atoms. The van der Waals surface area contributed by atoms with Crippen molar-refractivity contribution in [2.45, 2.75) is 19.9 Å². The van der Waals surface area contributed by atoms with Crippen LogP contribution in [0.5, 0.6) is 0 Å². The molecule has 0 aliphatic carbocycles. The van der Waals surface area contributed by atoms with E-state index < -0.39 is 16.4 Å². The molecule has 0 amide bonds. The second-order valence-electron chi connectivity index (χ2n) is 6.05. The second kappa shape index (κ2) is 7.73. The maximum absolute atomic E-state index is 13.5. The van der Waals surface area contributed by atoms with Crippen LogP contribution < -0.4 is 10.6 Å². The van der Waals surface area contributed by atoms with E-state index in [4.69, 9.17) is 0 Å². The smallest absolute Gasteiger partial charge is 0.306 e. The number of halogens is 1. The summed E-state index contributed by atoms with van der Waals surface area (Å²) in [4.78, 5) is 23.1. The first-order chi connectivity index (χ1) is 12.9. The number of benzene rings is 1. The van der Waals surface area contributed by atoms with Gasteiger partial charge in [-0.1, -0.05) is 0 Å². The largest absolute Gasteiger partial charge is 0.352 e. The summed E-state index contributed by atoms with van der Waals surface area (Å²) in [5.41, 5.74) is 1.15. The van der Waals surface area contributed by atoms with Crippen molar-refractivity contribution in [3.63, 3.8) is 0 Å². The number of hydrogen-bond acceptors (Lipinski definition) is 7. The molecule has 138 valence electrons. The zero-order chi connectivity index (χ0) is 19.4. The quantitative estimate of drug-likeness (QED) is 0.497. The van der Waals surface area contributed by atoms with Crippen LogP contribution in [-0.4, -0.2) is 25.9 Å². The van der Waals surface area contributed by atoms with Crippen LogP contribution in [0.15, 0.2) is 48.8 Å². The van der Waals surface area contributed by atoms with Gasteiger partial charge in [-0.3, -0.25) is 15.1 Å². The zero-order valence-electron chi connectivity index (χ0n) is 14.7. The minimum Gasteiger partial charge on any atom is -0.352 e. The van der Waals surface area contributed by atoms with Gasteiger partial charge >= 0.3 is 5.69 Å². The van der Waals surface area contributed by atoms with E-state index in [0.717, 1.165) is 17.7 Å². The van der Waals surface area contributed by atoms with Crippen molar-refractivity contribution in [2.24, 2.45) is 0 Å². The number of nitro groups is 1. The fraction of sp³-hybridized carbons (Fsp3) is 0.167. The third kappa shape index (κ3) is 4.51. The Morgan fingerprint density at radius 3 is 2.67 bits per heavy atom. The third-order valence-electron chi connectivity index (χ3n) is 3.52. The Bertz CT molecular complexity index is 965. The summed E-state index contributed by atoms with van der Waals surface area (Å²) in [6.07, 6.45) is 3.34. The maximum Gasteiger partial charge on any atom is 0.306 e. The molecule has 0 bridgehead atoms. The molecule has 0 spiro atoms. The molecule has 0 radical (unpaired) electrons. The molecule has 0 aliphatic heterocycles. The highest BCUT2D eigenvalue weighted by atomic mass is 19.1. The Hall–Kier alpha value is -3.62. The van der Waals surface area contributed by atoms with Gasteiger partial charge in [-0.2, -0.15) is 9.37 Å². The topological polar surface area (TPSA) is 106 Å². The van der Waals surface area contributed by atoms with E-state index in [1.165, 1.54) is 6.07 Å². The van der Waals surface area contributed by atoms with Crippen molar-refractivity contribution in [1.29, 1.82) is 0 Å². The highest BCUT2D eigenvalue weighted by Crippen LogP contribution is 2.26. The van der Waals surface area contributed by atoms with Gasteiger partial charge in [-0.05, 0) is 38.1 Å². The van der Waals surface area contributed by atoms with Crippen LogP contribution in [0.1, 0.15) is 13.8 Å². The normalized spacial score (nSPS) is 10.7. The van der Waals surface area contributed by atoms with Crippen molar-refractivity contribution in [2.75, 3.05) is 10.6 Å². The molecule has 0 atom stereocenters. The number of nitro benzene ring substituents is 1. The van der Waals surface area contributed by atoms with Crippen LogP contribution in [0.2, 0.25) is 0 Å². The number of nitrogens with one attached hydrogen (secondary N) is 2. The minimum absolute atomic E-state index is 0.105. The van der Waals surface area contributed by atoms with Crippen molar-refractivity contribution in [3.05, 3.63) is 64.7 Å². The molecule has 2 aromatic heterocycles. The zero-order valence-corrected chi connectivity index (χ0v) is 14.7. The summed E-state index contributed by atoms with van der Waals surface area (Å²) in [7, 11) is 0. The number of pyridine rings is 1. The summed E-state index contributed by atoms with van der Waals surface area (Å²) in [5, 5.41) is 17.0. The van der Waals surface area contributed by atoms with Crippen LogP contribution in [-0.2, 0) is 0 Å². The number of nitrogens with zero attached hydrogens (tertiary/aromatic N) is 4. The Kier molecular flexibility index (Phi) is 5.20. The lowest BCUT2D eigenvalue weighted by Crippen LogP contribution is -2.13. The Morgan fingerprint density at radius 2 is 2.00 bits per heavy atom. The third-order valence-corrected chi connectivity index (χ3v) is 3.52. The van der Waals surface area contributed by atoms with E-state index in [2.05, 4.69) is 25.6 Å². The van der Waals surface area contributed by atoms with Crippen molar-refractivity contribution in [3.8, 4) is 11.3 Å².